The molecule has 0 spiro atoms. The minimum absolute atomic E-state index is 0.0392. The Bertz CT molecular complexity index is 1450. The maximum atomic E-state index is 11.1. The Hall–Kier alpha value is -4.53. The van der Waals surface area contributed by atoms with Crippen LogP contribution in [0.3, 0.4) is 0 Å². The summed E-state index contributed by atoms with van der Waals surface area (Å²) in [5.74, 6) is 2.22. The topological polar surface area (TPSA) is 127 Å². The molecule has 0 saturated heterocycles. The summed E-state index contributed by atoms with van der Waals surface area (Å²) >= 11 is 0. The van der Waals surface area contributed by atoms with Crippen molar-refractivity contribution in [3.63, 3.8) is 0 Å². The molecule has 234 valence electrons. The number of aromatic hydroxyl groups is 3. The van der Waals surface area contributed by atoms with Crippen LogP contribution in [0.2, 0.25) is 0 Å². The van der Waals surface area contributed by atoms with E-state index in [0.717, 1.165) is 77.0 Å². The van der Waals surface area contributed by atoms with Crippen molar-refractivity contribution in [3.05, 3.63) is 54.6 Å². The van der Waals surface area contributed by atoms with Crippen LogP contribution in [0.1, 0.15) is 77.0 Å². The maximum absolute atomic E-state index is 11.1. The first kappa shape index (κ1) is 29.2. The molecule has 0 aliphatic heterocycles. The molecule has 0 unspecified atom stereocenters. The number of hydrogen-bond donors (Lipinski definition) is 3. The molecule has 4 aromatic rings. The molecule has 0 atom stereocenters. The van der Waals surface area contributed by atoms with Gasteiger partial charge in [-0.3, -0.25) is 0 Å². The fourth-order valence-electron chi connectivity index (χ4n) is 6.65. The van der Waals surface area contributed by atoms with Crippen LogP contribution in [0.15, 0.2) is 54.6 Å². The van der Waals surface area contributed by atoms with E-state index in [1.54, 1.807) is 54.6 Å². The largest absolute Gasteiger partial charge is 0.507 e. The standard InChI is InChI=1S/C36H39N3O6/c40-31-19-25(43-22-7-1-2-8-22)13-16-28(31)34-37-35(29-17-14-26(20-32(29)41)44-23-9-3-4-10-23)39-36(38-34)30-18-15-27(21-33(30)42)45-24-11-5-6-12-24/h13-24,40-42H,1-12H2. The second-order valence-corrected chi connectivity index (χ2v) is 12.4. The molecule has 0 amide bonds. The lowest BCUT2D eigenvalue weighted by Crippen LogP contribution is -2.11. The van der Waals surface area contributed by atoms with E-state index in [9.17, 15) is 15.3 Å². The summed E-state index contributed by atoms with van der Waals surface area (Å²) < 4.78 is 18.2. The third-order valence-corrected chi connectivity index (χ3v) is 9.08. The molecule has 9 nitrogen and oxygen atoms in total. The number of ether oxygens (including phenoxy) is 3. The molecule has 1 aromatic heterocycles. The van der Waals surface area contributed by atoms with Gasteiger partial charge < -0.3 is 29.5 Å². The van der Waals surface area contributed by atoms with Gasteiger partial charge in [0.15, 0.2) is 17.5 Å². The molecular formula is C36H39N3O6. The van der Waals surface area contributed by atoms with Crippen LogP contribution in [0.5, 0.6) is 34.5 Å². The molecule has 0 radical (unpaired) electrons. The smallest absolute Gasteiger partial charge is 0.167 e. The highest BCUT2D eigenvalue weighted by Gasteiger charge is 2.23. The van der Waals surface area contributed by atoms with Crippen LogP contribution in [0, 0.1) is 0 Å². The van der Waals surface area contributed by atoms with E-state index < -0.39 is 0 Å². The predicted molar refractivity (Wildman–Crippen MR) is 170 cm³/mol. The Morgan fingerprint density at radius 3 is 0.933 bits per heavy atom. The first-order chi connectivity index (χ1) is 22.0. The summed E-state index contributed by atoms with van der Waals surface area (Å²) in [4.78, 5) is 14.0. The Morgan fingerprint density at radius 2 is 0.689 bits per heavy atom. The number of nitrogens with zero attached hydrogens (tertiary/aromatic N) is 3. The molecule has 9 heteroatoms. The van der Waals surface area contributed by atoms with Crippen LogP contribution in [0.25, 0.3) is 34.2 Å². The molecule has 7 rings (SSSR count). The van der Waals surface area contributed by atoms with Crippen molar-refractivity contribution in [2.45, 2.75) is 95.4 Å². The van der Waals surface area contributed by atoms with Gasteiger partial charge in [0.25, 0.3) is 0 Å². The van der Waals surface area contributed by atoms with Gasteiger partial charge in [-0.15, -0.1) is 0 Å². The van der Waals surface area contributed by atoms with Crippen molar-refractivity contribution in [1.29, 1.82) is 0 Å². The van der Waals surface area contributed by atoms with E-state index in [1.807, 2.05) is 0 Å². The van der Waals surface area contributed by atoms with Crippen LogP contribution in [-0.2, 0) is 0 Å². The highest BCUT2D eigenvalue weighted by Crippen LogP contribution is 2.39. The number of aromatic nitrogens is 3. The van der Waals surface area contributed by atoms with Crippen molar-refractivity contribution >= 4 is 0 Å². The van der Waals surface area contributed by atoms with E-state index in [1.165, 1.54) is 0 Å². The minimum atomic E-state index is -0.0392. The molecule has 3 saturated carbocycles. The summed E-state index contributed by atoms with van der Waals surface area (Å²) in [5.41, 5.74) is 1.13. The molecule has 3 fully saturated rings. The summed E-state index contributed by atoms with van der Waals surface area (Å²) in [6.45, 7) is 0. The van der Waals surface area contributed by atoms with E-state index in [4.69, 9.17) is 14.2 Å². The number of rotatable bonds is 9. The summed E-state index contributed by atoms with van der Waals surface area (Å²) in [5, 5.41) is 33.2. The second-order valence-electron chi connectivity index (χ2n) is 12.4. The van der Waals surface area contributed by atoms with Crippen LogP contribution in [0.4, 0.5) is 0 Å². The van der Waals surface area contributed by atoms with Gasteiger partial charge in [-0.2, -0.15) is 0 Å². The second kappa shape index (κ2) is 12.8. The Balaban J connectivity index is 1.25. The number of benzene rings is 3. The number of hydrogen-bond acceptors (Lipinski definition) is 9. The van der Waals surface area contributed by atoms with Gasteiger partial charge in [-0.1, -0.05) is 0 Å². The zero-order valence-electron chi connectivity index (χ0n) is 25.3. The van der Waals surface area contributed by atoms with Gasteiger partial charge in [-0.25, -0.2) is 15.0 Å². The summed E-state index contributed by atoms with van der Waals surface area (Å²) in [6.07, 6.45) is 13.4. The van der Waals surface area contributed by atoms with Crippen LogP contribution < -0.4 is 14.2 Å². The van der Waals surface area contributed by atoms with Crippen molar-refractivity contribution < 1.29 is 29.5 Å². The Morgan fingerprint density at radius 1 is 0.422 bits per heavy atom. The molecule has 3 aliphatic rings. The fourth-order valence-corrected chi connectivity index (χ4v) is 6.65. The molecule has 45 heavy (non-hydrogen) atoms. The van der Waals surface area contributed by atoms with E-state index in [0.29, 0.717) is 33.9 Å². The first-order valence-electron chi connectivity index (χ1n) is 16.2. The van der Waals surface area contributed by atoms with Gasteiger partial charge in [-0.05, 0) is 113 Å². The summed E-state index contributed by atoms with van der Waals surface area (Å²) in [7, 11) is 0. The third kappa shape index (κ3) is 6.62. The van der Waals surface area contributed by atoms with Crippen molar-refractivity contribution in [1.82, 2.24) is 15.0 Å². The Labute approximate surface area is 262 Å². The van der Waals surface area contributed by atoms with Crippen molar-refractivity contribution in [2.75, 3.05) is 0 Å². The maximum Gasteiger partial charge on any atom is 0.167 e. The number of phenols is 3. The van der Waals surface area contributed by atoms with Crippen LogP contribution in [-0.4, -0.2) is 48.6 Å². The minimum Gasteiger partial charge on any atom is -0.507 e. The van der Waals surface area contributed by atoms with Gasteiger partial charge >= 0.3 is 0 Å². The normalized spacial score (nSPS) is 17.6. The highest BCUT2D eigenvalue weighted by molar-refractivity contribution is 5.74. The third-order valence-electron chi connectivity index (χ3n) is 9.08. The molecule has 3 N–H and O–H groups in total. The van der Waals surface area contributed by atoms with Gasteiger partial charge in [0, 0.05) is 18.2 Å². The zero-order chi connectivity index (χ0) is 30.8. The zero-order valence-corrected chi connectivity index (χ0v) is 25.3. The molecule has 3 aromatic carbocycles. The van der Waals surface area contributed by atoms with Crippen molar-refractivity contribution in [2.24, 2.45) is 0 Å². The van der Waals surface area contributed by atoms with E-state index in [-0.39, 0.29) is 53.0 Å². The Kier molecular flexibility index (Phi) is 8.33. The molecular weight excluding hydrogens is 570 g/mol. The van der Waals surface area contributed by atoms with Gasteiger partial charge in [0.05, 0.1) is 35.0 Å². The fraction of sp³-hybridized carbons (Fsp3) is 0.417. The summed E-state index contributed by atoms with van der Waals surface area (Å²) in [6, 6.07) is 15.3. The molecule has 0 bridgehead atoms. The van der Waals surface area contributed by atoms with E-state index >= 15 is 0 Å². The lowest BCUT2D eigenvalue weighted by atomic mass is 10.1. The average Bonchev–Trinajstić information content (AvgIpc) is 3.83. The SMILES string of the molecule is Oc1cc(OC2CCCC2)ccc1-c1nc(-c2ccc(OC3CCCC3)cc2O)nc(-c2ccc(OC3CCCC3)cc2O)n1. The van der Waals surface area contributed by atoms with Gasteiger partial charge in [0.2, 0.25) is 0 Å². The average molecular weight is 610 g/mol. The lowest BCUT2D eigenvalue weighted by Gasteiger charge is -2.16. The lowest BCUT2D eigenvalue weighted by molar-refractivity contribution is 0.209. The highest BCUT2D eigenvalue weighted by atomic mass is 16.5. The molecule has 3 aliphatic carbocycles. The monoisotopic (exact) mass is 609 g/mol. The first-order valence-corrected chi connectivity index (χ1v) is 16.2. The molecule has 1 heterocycles. The van der Waals surface area contributed by atoms with Gasteiger partial charge in [0.1, 0.15) is 34.5 Å². The van der Waals surface area contributed by atoms with Crippen LogP contribution >= 0.6 is 0 Å². The quantitative estimate of drug-likeness (QED) is 0.173. The van der Waals surface area contributed by atoms with Crippen molar-refractivity contribution in [3.8, 4) is 68.7 Å². The number of phenolic OH excluding ortho intramolecular Hbond substituents is 3. The van der Waals surface area contributed by atoms with E-state index in [2.05, 4.69) is 15.0 Å². The predicted octanol–water partition coefficient (Wildman–Crippen LogP) is 7.95.